The lowest BCUT2D eigenvalue weighted by Crippen LogP contribution is -2.43. The van der Waals surface area contributed by atoms with Crippen molar-refractivity contribution < 1.29 is 9.53 Å². The number of ether oxygens (including phenoxy) is 1. The molecule has 0 aromatic heterocycles. The molecule has 0 bridgehead atoms. The molecule has 4 heteroatoms. The van der Waals surface area contributed by atoms with Gasteiger partial charge < -0.3 is 15.4 Å². The van der Waals surface area contributed by atoms with Crippen molar-refractivity contribution in [3.05, 3.63) is 29.8 Å². The van der Waals surface area contributed by atoms with Crippen molar-refractivity contribution in [2.75, 3.05) is 20.2 Å². The molecule has 1 aromatic carbocycles. The van der Waals surface area contributed by atoms with Crippen molar-refractivity contribution in [1.29, 1.82) is 0 Å². The van der Waals surface area contributed by atoms with Crippen molar-refractivity contribution >= 4 is 5.91 Å². The van der Waals surface area contributed by atoms with Gasteiger partial charge in [0, 0.05) is 31.6 Å². The molecule has 2 rings (SSSR count). The molecule has 104 valence electrons. The molecule has 0 spiro atoms. The topological polar surface area (TPSA) is 50.4 Å². The Labute approximate surface area is 114 Å². The van der Waals surface area contributed by atoms with E-state index in [0.29, 0.717) is 6.54 Å². The van der Waals surface area contributed by atoms with Crippen LogP contribution in [0.4, 0.5) is 0 Å². The monoisotopic (exact) mass is 262 g/mol. The van der Waals surface area contributed by atoms with Crippen LogP contribution in [0.3, 0.4) is 0 Å². The molecular formula is C15H22N2O2. The number of benzene rings is 1. The number of amides is 1. The summed E-state index contributed by atoms with van der Waals surface area (Å²) in [5.74, 6) is 1.00. The maximum Gasteiger partial charge on any atom is 0.226 e. The van der Waals surface area contributed by atoms with Gasteiger partial charge in [-0.05, 0) is 19.9 Å². The van der Waals surface area contributed by atoms with Crippen LogP contribution in [0.1, 0.15) is 31.9 Å². The molecular weight excluding hydrogens is 240 g/mol. The van der Waals surface area contributed by atoms with Gasteiger partial charge in [0.2, 0.25) is 5.91 Å². The Morgan fingerprint density at radius 2 is 2.16 bits per heavy atom. The number of nitrogens with one attached hydrogen (secondary N) is 2. The van der Waals surface area contributed by atoms with Crippen LogP contribution in [0, 0.1) is 5.41 Å². The van der Waals surface area contributed by atoms with Gasteiger partial charge in [0.25, 0.3) is 0 Å². The SMILES string of the molecule is CNC(=O)C(C)(C)CNC1CCOc2ccccc21. The summed E-state index contributed by atoms with van der Waals surface area (Å²) in [4.78, 5) is 11.8. The number of para-hydroxylation sites is 1. The van der Waals surface area contributed by atoms with Crippen molar-refractivity contribution in [1.82, 2.24) is 10.6 Å². The van der Waals surface area contributed by atoms with E-state index in [1.54, 1.807) is 7.05 Å². The third-order valence-electron chi connectivity index (χ3n) is 3.59. The second-order valence-electron chi connectivity index (χ2n) is 5.57. The van der Waals surface area contributed by atoms with Crippen LogP contribution in [0.15, 0.2) is 24.3 Å². The van der Waals surface area contributed by atoms with Crippen molar-refractivity contribution in [2.45, 2.75) is 26.3 Å². The first-order valence-electron chi connectivity index (χ1n) is 6.72. The van der Waals surface area contributed by atoms with Gasteiger partial charge in [0.05, 0.1) is 12.0 Å². The predicted molar refractivity (Wildman–Crippen MR) is 75.1 cm³/mol. The molecule has 19 heavy (non-hydrogen) atoms. The number of carbonyl (C=O) groups excluding carboxylic acids is 1. The molecule has 1 heterocycles. The number of hydrogen-bond acceptors (Lipinski definition) is 3. The minimum atomic E-state index is -0.415. The van der Waals surface area contributed by atoms with Crippen LogP contribution in [0.5, 0.6) is 5.75 Å². The average Bonchev–Trinajstić information content (AvgIpc) is 2.44. The molecule has 1 amide bonds. The van der Waals surface area contributed by atoms with Crippen molar-refractivity contribution in [3.63, 3.8) is 0 Å². The summed E-state index contributed by atoms with van der Waals surface area (Å²) >= 11 is 0. The van der Waals surface area contributed by atoms with Gasteiger partial charge in [0.15, 0.2) is 0 Å². The molecule has 1 aliphatic rings. The highest BCUT2D eigenvalue weighted by Gasteiger charge is 2.29. The summed E-state index contributed by atoms with van der Waals surface area (Å²) in [7, 11) is 1.67. The molecule has 4 nitrogen and oxygen atoms in total. The van der Waals surface area contributed by atoms with Gasteiger partial charge in [0.1, 0.15) is 5.75 Å². The summed E-state index contributed by atoms with van der Waals surface area (Å²) in [5, 5.41) is 6.20. The Morgan fingerprint density at radius 1 is 1.42 bits per heavy atom. The van der Waals surface area contributed by atoms with Gasteiger partial charge >= 0.3 is 0 Å². The Balaban J connectivity index is 2.04. The number of rotatable bonds is 4. The predicted octanol–water partition coefficient (Wildman–Crippen LogP) is 1.87. The normalized spacial score (nSPS) is 18.4. The van der Waals surface area contributed by atoms with Crippen molar-refractivity contribution in [3.8, 4) is 5.75 Å². The molecule has 0 radical (unpaired) electrons. The lowest BCUT2D eigenvalue weighted by atomic mass is 9.91. The van der Waals surface area contributed by atoms with Crippen LogP contribution in [-0.4, -0.2) is 26.1 Å². The highest BCUT2D eigenvalue weighted by atomic mass is 16.5. The van der Waals surface area contributed by atoms with E-state index in [4.69, 9.17) is 4.74 Å². The maximum absolute atomic E-state index is 11.8. The standard InChI is InChI=1S/C15H22N2O2/c1-15(2,14(18)16-3)10-17-12-8-9-19-13-7-5-4-6-11(12)13/h4-7,12,17H,8-10H2,1-3H3,(H,16,18). The smallest absolute Gasteiger partial charge is 0.226 e. The second-order valence-corrected chi connectivity index (χ2v) is 5.57. The third-order valence-corrected chi connectivity index (χ3v) is 3.59. The fourth-order valence-corrected chi connectivity index (χ4v) is 2.35. The number of hydrogen-bond donors (Lipinski definition) is 2. The molecule has 0 saturated heterocycles. The van der Waals surface area contributed by atoms with Gasteiger partial charge in [-0.1, -0.05) is 18.2 Å². The fourth-order valence-electron chi connectivity index (χ4n) is 2.35. The molecule has 1 aromatic rings. The van der Waals surface area contributed by atoms with Crippen LogP contribution in [0.2, 0.25) is 0 Å². The van der Waals surface area contributed by atoms with E-state index in [0.717, 1.165) is 18.8 Å². The van der Waals surface area contributed by atoms with E-state index in [1.807, 2.05) is 32.0 Å². The molecule has 0 saturated carbocycles. The molecule has 1 unspecified atom stereocenters. The first-order chi connectivity index (χ1) is 9.04. The van der Waals surface area contributed by atoms with Gasteiger partial charge in [-0.3, -0.25) is 4.79 Å². The Morgan fingerprint density at radius 3 is 2.89 bits per heavy atom. The molecule has 1 aliphatic heterocycles. The third kappa shape index (κ3) is 3.07. The van der Waals surface area contributed by atoms with Crippen LogP contribution in [0.25, 0.3) is 0 Å². The van der Waals surface area contributed by atoms with E-state index in [-0.39, 0.29) is 11.9 Å². The molecule has 0 fully saturated rings. The summed E-state index contributed by atoms with van der Waals surface area (Å²) < 4.78 is 5.63. The summed E-state index contributed by atoms with van der Waals surface area (Å²) in [6.45, 7) is 5.26. The summed E-state index contributed by atoms with van der Waals surface area (Å²) in [6.07, 6.45) is 0.931. The molecule has 0 aliphatic carbocycles. The van der Waals surface area contributed by atoms with Crippen LogP contribution < -0.4 is 15.4 Å². The zero-order valence-corrected chi connectivity index (χ0v) is 11.8. The zero-order chi connectivity index (χ0) is 13.9. The Hall–Kier alpha value is -1.55. The lowest BCUT2D eigenvalue weighted by Gasteiger charge is -2.30. The van der Waals surface area contributed by atoms with Crippen molar-refractivity contribution in [2.24, 2.45) is 5.41 Å². The van der Waals surface area contributed by atoms with E-state index in [1.165, 1.54) is 5.56 Å². The molecule has 1 atom stereocenters. The van der Waals surface area contributed by atoms with Crippen LogP contribution >= 0.6 is 0 Å². The van der Waals surface area contributed by atoms with E-state index in [9.17, 15) is 4.79 Å². The van der Waals surface area contributed by atoms with Crippen LogP contribution in [-0.2, 0) is 4.79 Å². The lowest BCUT2D eigenvalue weighted by molar-refractivity contribution is -0.128. The largest absolute Gasteiger partial charge is 0.493 e. The highest BCUT2D eigenvalue weighted by molar-refractivity contribution is 5.81. The minimum absolute atomic E-state index is 0.0559. The first kappa shape index (κ1) is 13.9. The summed E-state index contributed by atoms with van der Waals surface area (Å²) in [5.41, 5.74) is 0.767. The fraction of sp³-hybridized carbons (Fsp3) is 0.533. The van der Waals surface area contributed by atoms with E-state index >= 15 is 0 Å². The van der Waals surface area contributed by atoms with E-state index in [2.05, 4.69) is 16.7 Å². The van der Waals surface area contributed by atoms with Gasteiger partial charge in [-0.15, -0.1) is 0 Å². The van der Waals surface area contributed by atoms with Gasteiger partial charge in [-0.25, -0.2) is 0 Å². The average molecular weight is 262 g/mol. The Kier molecular flexibility index (Phi) is 4.10. The highest BCUT2D eigenvalue weighted by Crippen LogP contribution is 2.32. The zero-order valence-electron chi connectivity index (χ0n) is 11.8. The number of fused-ring (bicyclic) bond motifs is 1. The van der Waals surface area contributed by atoms with Gasteiger partial charge in [-0.2, -0.15) is 0 Å². The van der Waals surface area contributed by atoms with E-state index < -0.39 is 5.41 Å². The quantitative estimate of drug-likeness (QED) is 0.871. The summed E-state index contributed by atoms with van der Waals surface area (Å²) in [6, 6.07) is 8.34. The number of carbonyl (C=O) groups is 1. The second kappa shape index (κ2) is 5.61. The maximum atomic E-state index is 11.8. The minimum Gasteiger partial charge on any atom is -0.493 e. The first-order valence-corrected chi connectivity index (χ1v) is 6.72. The molecule has 2 N–H and O–H groups in total. The Bertz CT molecular complexity index is 457.